The van der Waals surface area contributed by atoms with E-state index in [9.17, 15) is 0 Å². The van der Waals surface area contributed by atoms with Crippen molar-refractivity contribution in [1.29, 1.82) is 0 Å². The van der Waals surface area contributed by atoms with E-state index in [1.807, 2.05) is 0 Å². The summed E-state index contributed by atoms with van der Waals surface area (Å²) >= 11 is 1.76. The summed E-state index contributed by atoms with van der Waals surface area (Å²) in [5, 5.41) is 0.983. The molecule has 1 fully saturated rings. The highest BCUT2D eigenvalue weighted by molar-refractivity contribution is 8.03. The Labute approximate surface area is 71.8 Å². The van der Waals surface area contributed by atoms with Crippen LogP contribution in [0, 0.1) is 0 Å². The Balaban J connectivity index is 1.95. The van der Waals surface area contributed by atoms with Crippen LogP contribution < -0.4 is 5.73 Å². The third kappa shape index (κ3) is 1.48. The van der Waals surface area contributed by atoms with Crippen LogP contribution in [-0.4, -0.2) is 16.8 Å². The summed E-state index contributed by atoms with van der Waals surface area (Å²) in [5.41, 5.74) is 5.68. The van der Waals surface area contributed by atoms with E-state index in [-0.39, 0.29) is 0 Å². The molecular weight excluding hydrogens is 156 g/mol. The quantitative estimate of drug-likeness (QED) is 0.649. The van der Waals surface area contributed by atoms with Crippen molar-refractivity contribution in [3.63, 3.8) is 0 Å². The number of nitrogens with two attached hydrogens (primary N) is 1. The summed E-state index contributed by atoms with van der Waals surface area (Å²) in [6.07, 6.45) is 7.65. The maximum absolute atomic E-state index is 5.68. The van der Waals surface area contributed by atoms with Crippen LogP contribution in [0.15, 0.2) is 11.2 Å². The molecule has 0 unspecified atom stereocenters. The molecule has 1 aliphatic carbocycles. The first-order chi connectivity index (χ1) is 5.36. The molecule has 0 amide bonds. The van der Waals surface area contributed by atoms with Crippen LogP contribution in [0.3, 0.4) is 0 Å². The molecule has 0 spiro atoms. The van der Waals surface area contributed by atoms with Gasteiger partial charge in [-0.05, 0) is 12.8 Å². The molecule has 2 nitrogen and oxygen atoms in total. The summed E-state index contributed by atoms with van der Waals surface area (Å²) in [7, 11) is 0. The normalized spacial score (nSPS) is 26.2. The zero-order valence-electron chi connectivity index (χ0n) is 6.62. The van der Waals surface area contributed by atoms with E-state index in [2.05, 4.69) is 11.1 Å². The molecule has 0 aromatic carbocycles. The summed E-state index contributed by atoms with van der Waals surface area (Å²) in [6.45, 7) is 0. The topological polar surface area (TPSA) is 29.3 Å². The Morgan fingerprint density at radius 3 is 2.73 bits per heavy atom. The van der Waals surface area contributed by atoms with E-state index in [4.69, 9.17) is 5.73 Å². The van der Waals surface area contributed by atoms with E-state index < -0.39 is 0 Å². The van der Waals surface area contributed by atoms with Gasteiger partial charge in [0.05, 0.1) is 10.9 Å². The molecule has 0 aromatic heterocycles. The molecule has 0 bridgehead atoms. The Bertz CT molecular complexity index is 173. The van der Waals surface area contributed by atoms with Crippen molar-refractivity contribution in [3.05, 3.63) is 11.2 Å². The van der Waals surface area contributed by atoms with Gasteiger partial charge in [-0.1, -0.05) is 24.6 Å². The molecular formula is C8H14N2S. The van der Waals surface area contributed by atoms with Gasteiger partial charge in [0.1, 0.15) is 0 Å². The second kappa shape index (κ2) is 2.97. The second-order valence-corrected chi connectivity index (χ2v) is 4.28. The van der Waals surface area contributed by atoms with Gasteiger partial charge in [-0.25, -0.2) is 0 Å². The van der Waals surface area contributed by atoms with Crippen molar-refractivity contribution in [3.8, 4) is 0 Å². The average Bonchev–Trinajstić information content (AvgIpc) is 2.55. The fourth-order valence-corrected chi connectivity index (χ4v) is 2.63. The van der Waals surface area contributed by atoms with E-state index in [0.29, 0.717) is 0 Å². The lowest BCUT2D eigenvalue weighted by atomic mass is 10.2. The maximum atomic E-state index is 5.68. The largest absolute Gasteiger partial charge is 0.392 e. The highest BCUT2D eigenvalue weighted by Gasteiger charge is 2.23. The summed E-state index contributed by atoms with van der Waals surface area (Å²) < 4.78 is 0. The number of nitrogens with zero attached hydrogens (tertiary/aromatic N) is 1. The van der Waals surface area contributed by atoms with Crippen molar-refractivity contribution >= 4 is 11.8 Å². The lowest BCUT2D eigenvalue weighted by Crippen LogP contribution is -2.25. The Morgan fingerprint density at radius 1 is 1.45 bits per heavy atom. The van der Waals surface area contributed by atoms with Gasteiger partial charge in [-0.15, -0.1) is 0 Å². The van der Waals surface area contributed by atoms with Crippen molar-refractivity contribution in [1.82, 2.24) is 4.90 Å². The van der Waals surface area contributed by atoms with Crippen molar-refractivity contribution in [2.75, 3.05) is 5.88 Å². The second-order valence-electron chi connectivity index (χ2n) is 3.26. The van der Waals surface area contributed by atoms with E-state index in [1.54, 1.807) is 11.8 Å². The van der Waals surface area contributed by atoms with Crippen LogP contribution in [0.1, 0.15) is 25.7 Å². The Kier molecular flexibility index (Phi) is 1.98. The van der Waals surface area contributed by atoms with Gasteiger partial charge in [0, 0.05) is 12.2 Å². The smallest absolute Gasteiger partial charge is 0.0835 e. The van der Waals surface area contributed by atoms with E-state index in [1.165, 1.54) is 25.7 Å². The molecule has 0 saturated heterocycles. The fraction of sp³-hybridized carbons (Fsp3) is 0.750. The van der Waals surface area contributed by atoms with Crippen LogP contribution in [0.5, 0.6) is 0 Å². The number of thioether (sulfide) groups is 1. The standard InChI is InChI=1S/C8H14N2S/c9-8-5-10(6-11-8)7-3-1-2-4-7/h5,7H,1-4,6,9H2. The van der Waals surface area contributed by atoms with Crippen LogP contribution >= 0.6 is 11.8 Å². The molecule has 1 heterocycles. The highest BCUT2D eigenvalue weighted by Crippen LogP contribution is 2.30. The summed E-state index contributed by atoms with van der Waals surface area (Å²) in [4.78, 5) is 2.40. The van der Waals surface area contributed by atoms with Gasteiger partial charge in [0.15, 0.2) is 0 Å². The van der Waals surface area contributed by atoms with Gasteiger partial charge in [-0.2, -0.15) is 0 Å². The van der Waals surface area contributed by atoms with E-state index in [0.717, 1.165) is 16.9 Å². The molecule has 0 aromatic rings. The van der Waals surface area contributed by atoms with Crippen LogP contribution in [-0.2, 0) is 0 Å². The van der Waals surface area contributed by atoms with Crippen molar-refractivity contribution < 1.29 is 0 Å². The first kappa shape index (κ1) is 7.35. The zero-order valence-corrected chi connectivity index (χ0v) is 7.44. The maximum Gasteiger partial charge on any atom is 0.0835 e. The Hall–Kier alpha value is -0.310. The molecule has 62 valence electrons. The predicted octanol–water partition coefficient (Wildman–Crippen LogP) is 1.69. The third-order valence-corrected chi connectivity index (χ3v) is 3.33. The average molecular weight is 170 g/mol. The highest BCUT2D eigenvalue weighted by atomic mass is 32.2. The van der Waals surface area contributed by atoms with Gasteiger partial charge in [-0.3, -0.25) is 0 Å². The molecule has 11 heavy (non-hydrogen) atoms. The van der Waals surface area contributed by atoms with Crippen molar-refractivity contribution in [2.24, 2.45) is 5.73 Å². The van der Waals surface area contributed by atoms with E-state index >= 15 is 0 Å². The third-order valence-electron chi connectivity index (χ3n) is 2.47. The number of rotatable bonds is 1. The van der Waals surface area contributed by atoms with Crippen LogP contribution in [0.2, 0.25) is 0 Å². The molecule has 2 rings (SSSR count). The van der Waals surface area contributed by atoms with Gasteiger partial charge >= 0.3 is 0 Å². The monoisotopic (exact) mass is 170 g/mol. The molecule has 1 saturated carbocycles. The minimum Gasteiger partial charge on any atom is -0.392 e. The molecule has 0 radical (unpaired) electrons. The number of hydrogen-bond donors (Lipinski definition) is 1. The van der Waals surface area contributed by atoms with Gasteiger partial charge < -0.3 is 10.6 Å². The van der Waals surface area contributed by atoms with Crippen LogP contribution in [0.4, 0.5) is 0 Å². The minimum absolute atomic E-state index is 0.795. The minimum atomic E-state index is 0.795. The molecule has 3 heteroatoms. The van der Waals surface area contributed by atoms with Crippen LogP contribution in [0.25, 0.3) is 0 Å². The van der Waals surface area contributed by atoms with Crippen molar-refractivity contribution in [2.45, 2.75) is 31.7 Å². The van der Waals surface area contributed by atoms with Gasteiger partial charge in [0.2, 0.25) is 0 Å². The first-order valence-corrected chi connectivity index (χ1v) is 5.20. The SMILES string of the molecule is NC1=CN(C2CCCC2)CS1. The molecule has 0 atom stereocenters. The predicted molar refractivity (Wildman–Crippen MR) is 48.8 cm³/mol. The lowest BCUT2D eigenvalue weighted by Gasteiger charge is -2.21. The fourth-order valence-electron chi connectivity index (χ4n) is 1.83. The molecule has 2 N–H and O–H groups in total. The summed E-state index contributed by atoms with van der Waals surface area (Å²) in [5.74, 6) is 1.08. The summed E-state index contributed by atoms with van der Waals surface area (Å²) in [6, 6.07) is 0.795. The number of hydrogen-bond acceptors (Lipinski definition) is 3. The Morgan fingerprint density at radius 2 is 2.18 bits per heavy atom. The lowest BCUT2D eigenvalue weighted by molar-refractivity contribution is 0.327. The first-order valence-electron chi connectivity index (χ1n) is 4.22. The van der Waals surface area contributed by atoms with Gasteiger partial charge in [0.25, 0.3) is 0 Å². The molecule has 1 aliphatic heterocycles. The zero-order chi connectivity index (χ0) is 7.68. The molecule has 2 aliphatic rings.